The number of hydrogen-bond acceptors (Lipinski definition) is 5. The third-order valence-electron chi connectivity index (χ3n) is 11.3. The van der Waals surface area contributed by atoms with E-state index in [1.54, 1.807) is 0 Å². The predicted molar refractivity (Wildman–Crippen MR) is 274 cm³/mol. The van der Waals surface area contributed by atoms with Crippen LogP contribution >= 0.6 is 0 Å². The van der Waals surface area contributed by atoms with E-state index in [0.29, 0.717) is 18.6 Å². The predicted octanol–water partition coefficient (Wildman–Crippen LogP) is 18.4. The van der Waals surface area contributed by atoms with Gasteiger partial charge in [-0.1, -0.05) is 203 Å². The van der Waals surface area contributed by atoms with E-state index in [-0.39, 0.29) is 25.2 Å². The molecule has 0 saturated heterocycles. The standard InChI is InChI=1S/C58H100O5/c1-5-8-11-14-17-20-23-26-29-32-35-38-41-44-47-50-55(4)61-53-56(63-58(60)52-49-46-43-40-37-34-31-28-25-22-19-16-13-10-7-3)54-62-57(59)51-48-45-42-39-36-33-30-27-24-21-18-15-12-9-6-2/h9,12,18-19,21-22,26-31,56H,4-8,10-11,13-17,20,23-25,32-54H2,1-3H3/b12-9+,21-18+,22-19+,29-26+,30-27+,31-28+. The number of carbonyl (C=O) groups is 2. The first kappa shape index (κ1) is 59.9. The number of allylic oxidation sites excluding steroid dienone is 13. The summed E-state index contributed by atoms with van der Waals surface area (Å²) in [4.78, 5) is 25.5. The molecule has 1 atom stereocenters. The highest BCUT2D eigenvalue weighted by molar-refractivity contribution is 5.70. The van der Waals surface area contributed by atoms with Crippen molar-refractivity contribution < 1.29 is 23.8 Å². The molecule has 362 valence electrons. The van der Waals surface area contributed by atoms with E-state index in [2.05, 4.69) is 100 Å². The van der Waals surface area contributed by atoms with Gasteiger partial charge in [0.2, 0.25) is 0 Å². The van der Waals surface area contributed by atoms with Crippen LogP contribution in [0.1, 0.15) is 252 Å². The van der Waals surface area contributed by atoms with Crippen LogP contribution in [-0.4, -0.2) is 31.3 Å². The summed E-state index contributed by atoms with van der Waals surface area (Å²) in [7, 11) is 0. The molecule has 0 aliphatic rings. The molecule has 5 nitrogen and oxygen atoms in total. The second-order valence-corrected chi connectivity index (χ2v) is 17.6. The van der Waals surface area contributed by atoms with Crippen molar-refractivity contribution in [2.45, 2.75) is 258 Å². The van der Waals surface area contributed by atoms with Crippen molar-refractivity contribution in [3.63, 3.8) is 0 Å². The van der Waals surface area contributed by atoms with E-state index >= 15 is 0 Å². The molecule has 0 saturated carbocycles. The zero-order valence-electron chi connectivity index (χ0n) is 41.6. The van der Waals surface area contributed by atoms with Gasteiger partial charge in [-0.15, -0.1) is 0 Å². The van der Waals surface area contributed by atoms with Crippen LogP contribution in [0.4, 0.5) is 0 Å². The number of hydrogen-bond donors (Lipinski definition) is 0. The van der Waals surface area contributed by atoms with E-state index in [1.165, 1.54) is 122 Å². The minimum Gasteiger partial charge on any atom is -0.495 e. The van der Waals surface area contributed by atoms with Crippen molar-refractivity contribution in [2.24, 2.45) is 0 Å². The van der Waals surface area contributed by atoms with Crippen LogP contribution < -0.4 is 0 Å². The highest BCUT2D eigenvalue weighted by Gasteiger charge is 2.18. The molecule has 0 aliphatic carbocycles. The molecule has 0 N–H and O–H groups in total. The molecule has 63 heavy (non-hydrogen) atoms. The third kappa shape index (κ3) is 49.8. The molecule has 0 amide bonds. The van der Waals surface area contributed by atoms with Crippen molar-refractivity contribution >= 4 is 11.9 Å². The van der Waals surface area contributed by atoms with Crippen molar-refractivity contribution in [2.75, 3.05) is 13.2 Å². The normalized spacial score (nSPS) is 12.6. The number of rotatable bonds is 48. The summed E-state index contributed by atoms with van der Waals surface area (Å²) < 4.78 is 17.4. The van der Waals surface area contributed by atoms with Gasteiger partial charge in [0.25, 0.3) is 0 Å². The quantitative estimate of drug-likeness (QED) is 0.0264. The fourth-order valence-electron chi connectivity index (χ4n) is 7.26. The smallest absolute Gasteiger partial charge is 0.306 e. The van der Waals surface area contributed by atoms with Gasteiger partial charge >= 0.3 is 11.9 Å². The fourth-order valence-corrected chi connectivity index (χ4v) is 7.26. The van der Waals surface area contributed by atoms with Crippen LogP contribution in [0.2, 0.25) is 0 Å². The third-order valence-corrected chi connectivity index (χ3v) is 11.3. The van der Waals surface area contributed by atoms with E-state index in [4.69, 9.17) is 14.2 Å². The molecular weight excluding hydrogens is 777 g/mol. The maximum absolute atomic E-state index is 12.9. The summed E-state index contributed by atoms with van der Waals surface area (Å²) in [6.45, 7) is 11.0. The lowest BCUT2D eigenvalue weighted by Crippen LogP contribution is -2.29. The fraction of sp³-hybridized carbons (Fsp3) is 0.724. The highest BCUT2D eigenvalue weighted by Crippen LogP contribution is 2.15. The zero-order valence-corrected chi connectivity index (χ0v) is 41.6. The first-order valence-corrected chi connectivity index (χ1v) is 26.6. The van der Waals surface area contributed by atoms with Gasteiger partial charge in [-0.2, -0.15) is 0 Å². The topological polar surface area (TPSA) is 61.8 Å². The van der Waals surface area contributed by atoms with E-state index in [0.717, 1.165) is 96.3 Å². The molecule has 0 aromatic rings. The van der Waals surface area contributed by atoms with E-state index in [9.17, 15) is 9.59 Å². The summed E-state index contributed by atoms with van der Waals surface area (Å²) in [5.74, 6) is 0.217. The van der Waals surface area contributed by atoms with Gasteiger partial charge in [0, 0.05) is 19.3 Å². The SMILES string of the molecule is C=C(CCCCCCC/C=C/CCCCCCCC)OCC(COC(=O)CCCCCCC/C=C/C/C=C/C/C=C/CC)OC(=O)CCCCCCC/C=C/C/C=C/CCCCC. The molecule has 0 fully saturated rings. The Bertz CT molecular complexity index is 1190. The van der Waals surface area contributed by atoms with Gasteiger partial charge in [0.1, 0.15) is 13.2 Å². The number of esters is 2. The van der Waals surface area contributed by atoms with E-state index in [1.807, 2.05) is 0 Å². The molecule has 0 rings (SSSR count). The monoisotopic (exact) mass is 877 g/mol. The largest absolute Gasteiger partial charge is 0.495 e. The molecule has 0 radical (unpaired) electrons. The van der Waals surface area contributed by atoms with Crippen molar-refractivity contribution in [3.05, 3.63) is 85.3 Å². The average Bonchev–Trinajstić information content (AvgIpc) is 3.28. The first-order chi connectivity index (χ1) is 31.0. The lowest BCUT2D eigenvalue weighted by Gasteiger charge is -2.19. The van der Waals surface area contributed by atoms with Crippen LogP contribution in [0.5, 0.6) is 0 Å². The summed E-state index contributed by atoms with van der Waals surface area (Å²) >= 11 is 0. The molecule has 0 aromatic heterocycles. The minimum atomic E-state index is -0.633. The maximum atomic E-state index is 12.9. The highest BCUT2D eigenvalue weighted by atomic mass is 16.6. The molecule has 0 aliphatic heterocycles. The average molecular weight is 877 g/mol. The van der Waals surface area contributed by atoms with E-state index < -0.39 is 6.10 Å². The Balaban J connectivity index is 4.45. The van der Waals surface area contributed by atoms with Crippen LogP contribution in [0.15, 0.2) is 85.3 Å². The lowest BCUT2D eigenvalue weighted by atomic mass is 10.1. The van der Waals surface area contributed by atoms with Crippen molar-refractivity contribution in [1.82, 2.24) is 0 Å². The number of carbonyl (C=O) groups excluding carboxylic acids is 2. The Morgan fingerprint density at radius 3 is 1.19 bits per heavy atom. The Kier molecular flexibility index (Phi) is 49.0. The van der Waals surface area contributed by atoms with Gasteiger partial charge < -0.3 is 14.2 Å². The molecule has 0 spiro atoms. The van der Waals surface area contributed by atoms with Gasteiger partial charge in [-0.05, 0) is 109 Å². The van der Waals surface area contributed by atoms with Gasteiger partial charge in [-0.3, -0.25) is 9.59 Å². The first-order valence-electron chi connectivity index (χ1n) is 26.6. The molecule has 0 bridgehead atoms. The lowest BCUT2D eigenvalue weighted by molar-refractivity contribution is -0.162. The van der Waals surface area contributed by atoms with Crippen molar-refractivity contribution in [3.8, 4) is 0 Å². The molecule has 0 aromatic carbocycles. The summed E-state index contributed by atoms with van der Waals surface area (Å²) in [6.07, 6.45) is 66.7. The second kappa shape index (κ2) is 51.6. The van der Waals surface area contributed by atoms with Crippen molar-refractivity contribution in [1.29, 1.82) is 0 Å². The van der Waals surface area contributed by atoms with Crippen LogP contribution in [0.3, 0.4) is 0 Å². The zero-order chi connectivity index (χ0) is 45.8. The number of ether oxygens (including phenoxy) is 3. The Morgan fingerprint density at radius 2 is 0.714 bits per heavy atom. The molecular formula is C58H100O5. The summed E-state index contributed by atoms with van der Waals surface area (Å²) in [5, 5.41) is 0. The minimum absolute atomic E-state index is 0.0182. The number of unbranched alkanes of at least 4 members (excludes halogenated alkanes) is 24. The Morgan fingerprint density at radius 1 is 0.381 bits per heavy atom. The van der Waals surface area contributed by atoms with Crippen LogP contribution in [0.25, 0.3) is 0 Å². The van der Waals surface area contributed by atoms with Gasteiger partial charge in [0.05, 0.1) is 5.76 Å². The summed E-state index contributed by atoms with van der Waals surface area (Å²) in [6, 6.07) is 0. The molecule has 1 unspecified atom stereocenters. The molecule has 5 heteroatoms. The Hall–Kier alpha value is -3.08. The summed E-state index contributed by atoms with van der Waals surface area (Å²) in [5.41, 5.74) is 0. The Labute approximate surface area is 390 Å². The maximum Gasteiger partial charge on any atom is 0.306 e. The van der Waals surface area contributed by atoms with Crippen LogP contribution in [-0.2, 0) is 23.8 Å². The van der Waals surface area contributed by atoms with Gasteiger partial charge in [0.15, 0.2) is 6.10 Å². The van der Waals surface area contributed by atoms with Crippen LogP contribution in [0, 0.1) is 0 Å². The molecule has 0 heterocycles. The van der Waals surface area contributed by atoms with Gasteiger partial charge in [-0.25, -0.2) is 0 Å². The second-order valence-electron chi connectivity index (χ2n) is 17.6.